The predicted molar refractivity (Wildman–Crippen MR) is 135 cm³/mol. The second-order valence-corrected chi connectivity index (χ2v) is 7.81. The Hall–Kier alpha value is -2.09. The summed E-state index contributed by atoms with van der Waals surface area (Å²) in [5, 5.41) is 12.1. The molecule has 0 spiro atoms. The largest absolute Gasteiger partial charge is 0.496 e. The van der Waals surface area contributed by atoms with Gasteiger partial charge in [-0.15, -0.1) is 24.8 Å². The molecule has 1 aliphatic heterocycles. The summed E-state index contributed by atoms with van der Waals surface area (Å²) in [6.45, 7) is 5.93. The maximum Gasteiger partial charge on any atom is 0.123 e. The molecule has 4 rings (SSSR count). The number of rotatable bonds is 6. The van der Waals surface area contributed by atoms with Gasteiger partial charge < -0.3 is 20.8 Å². The number of aryl methyl sites for hydroxylation is 2. The monoisotopic (exact) mass is 480 g/mol. The molecule has 1 fully saturated rings. The maximum absolute atomic E-state index is 5.64. The van der Waals surface area contributed by atoms with E-state index in [1.54, 1.807) is 7.11 Å². The van der Waals surface area contributed by atoms with Crippen LogP contribution in [-0.2, 0) is 6.54 Å². The molecule has 2 atom stereocenters. The minimum Gasteiger partial charge on any atom is -0.496 e. The minimum absolute atomic E-state index is 0. The first kappa shape index (κ1) is 27.9. The highest BCUT2D eigenvalue weighted by Gasteiger charge is 2.25. The Balaban J connectivity index is 0.00000171. The van der Waals surface area contributed by atoms with Crippen LogP contribution in [0, 0.1) is 13.8 Å². The number of ether oxygens (including phenoxy) is 1. The van der Waals surface area contributed by atoms with Crippen molar-refractivity contribution in [3.63, 3.8) is 0 Å². The molecule has 8 heteroatoms. The van der Waals surface area contributed by atoms with Gasteiger partial charge in [-0.3, -0.25) is 0 Å². The molecule has 1 aromatic heterocycles. The molecule has 2 aromatic carbocycles. The van der Waals surface area contributed by atoms with Crippen molar-refractivity contribution in [2.75, 3.05) is 13.7 Å². The Labute approximate surface area is 202 Å². The number of aromatic nitrogens is 2. The Morgan fingerprint density at radius 2 is 1.84 bits per heavy atom. The zero-order valence-electron chi connectivity index (χ0n) is 18.8. The van der Waals surface area contributed by atoms with E-state index in [1.807, 2.05) is 17.7 Å². The average Bonchev–Trinajstić information content (AvgIpc) is 3.10. The number of nitrogens with zero attached hydrogens (tertiary/aromatic N) is 2. The van der Waals surface area contributed by atoms with Crippen molar-refractivity contribution < 1.29 is 10.2 Å². The topological polar surface area (TPSA) is 82.6 Å². The second kappa shape index (κ2) is 12.8. The van der Waals surface area contributed by atoms with Crippen LogP contribution in [-0.4, -0.2) is 35.0 Å². The molecule has 1 saturated heterocycles. The smallest absolute Gasteiger partial charge is 0.123 e. The first-order chi connectivity index (χ1) is 14.2. The van der Waals surface area contributed by atoms with Crippen molar-refractivity contribution in [2.24, 2.45) is 0 Å². The number of hydrogen-bond donors (Lipinski definition) is 2. The third-order valence-corrected chi connectivity index (χ3v) is 5.69. The normalized spacial score (nSPS) is 17.5. The molecular weight excluding hydrogens is 447 g/mol. The van der Waals surface area contributed by atoms with Gasteiger partial charge in [0.25, 0.3) is 0 Å². The lowest BCUT2D eigenvalue weighted by Gasteiger charge is -2.34. The highest BCUT2D eigenvalue weighted by Crippen LogP contribution is 2.26. The molecule has 2 heterocycles. The standard InChI is InChI=1S/C24H30N4O.2ClH.H2O/c1-17-14-18(2)28(27-17)21-11-12-23(29-3)20(15-21)16-26-22-10-7-13-25-24(22)19-8-5-4-6-9-19;;;/h4-6,8-9,11-12,14-15,22,24-26H,7,10,13,16H2,1-3H3;2*1H;1H2. The maximum atomic E-state index is 5.64. The van der Waals surface area contributed by atoms with Gasteiger partial charge in [0.05, 0.1) is 18.5 Å². The summed E-state index contributed by atoms with van der Waals surface area (Å²) in [6.07, 6.45) is 2.34. The Kier molecular flexibility index (Phi) is 11.2. The van der Waals surface area contributed by atoms with Gasteiger partial charge in [-0.25, -0.2) is 4.68 Å². The summed E-state index contributed by atoms with van der Waals surface area (Å²) < 4.78 is 7.63. The highest BCUT2D eigenvalue weighted by molar-refractivity contribution is 5.85. The van der Waals surface area contributed by atoms with E-state index in [0.29, 0.717) is 12.1 Å². The van der Waals surface area contributed by atoms with Crippen LogP contribution in [0.3, 0.4) is 0 Å². The summed E-state index contributed by atoms with van der Waals surface area (Å²) >= 11 is 0. The summed E-state index contributed by atoms with van der Waals surface area (Å²) in [5.41, 5.74) is 5.71. The first-order valence-corrected chi connectivity index (χ1v) is 10.4. The van der Waals surface area contributed by atoms with Gasteiger partial charge >= 0.3 is 0 Å². The molecule has 0 saturated carbocycles. The molecule has 1 aliphatic rings. The van der Waals surface area contributed by atoms with E-state index in [2.05, 4.69) is 71.2 Å². The predicted octanol–water partition coefficient (Wildman–Crippen LogP) is 4.10. The molecule has 2 unspecified atom stereocenters. The Bertz CT molecular complexity index is 966. The summed E-state index contributed by atoms with van der Waals surface area (Å²) in [5.74, 6) is 0.905. The van der Waals surface area contributed by atoms with Gasteiger partial charge in [0.2, 0.25) is 0 Å². The SMILES string of the molecule is COc1ccc(-n2nc(C)cc2C)cc1CNC1CCCNC1c1ccccc1.Cl.Cl.O. The van der Waals surface area contributed by atoms with Crippen LogP contribution >= 0.6 is 24.8 Å². The van der Waals surface area contributed by atoms with Crippen LogP contribution in [0.25, 0.3) is 5.69 Å². The van der Waals surface area contributed by atoms with Crippen molar-refractivity contribution in [2.45, 2.75) is 45.3 Å². The van der Waals surface area contributed by atoms with E-state index in [-0.39, 0.29) is 30.3 Å². The fourth-order valence-electron chi connectivity index (χ4n) is 4.29. The fraction of sp³-hybridized carbons (Fsp3) is 0.375. The van der Waals surface area contributed by atoms with Gasteiger partial charge in [-0.2, -0.15) is 5.10 Å². The van der Waals surface area contributed by atoms with Gasteiger partial charge in [0.1, 0.15) is 5.75 Å². The lowest BCUT2D eigenvalue weighted by molar-refractivity contribution is 0.303. The molecule has 0 bridgehead atoms. The quantitative estimate of drug-likeness (QED) is 0.556. The highest BCUT2D eigenvalue weighted by atomic mass is 35.5. The third kappa shape index (κ3) is 6.24. The molecular formula is C24H34Cl2N4O2. The van der Waals surface area contributed by atoms with Crippen molar-refractivity contribution in [1.29, 1.82) is 0 Å². The van der Waals surface area contributed by atoms with Crippen LogP contribution in [0.5, 0.6) is 5.75 Å². The van der Waals surface area contributed by atoms with E-state index in [0.717, 1.165) is 47.9 Å². The molecule has 0 aliphatic carbocycles. The average molecular weight is 481 g/mol. The van der Waals surface area contributed by atoms with Gasteiger partial charge in [0, 0.05) is 29.9 Å². The molecule has 3 aromatic rings. The summed E-state index contributed by atoms with van der Waals surface area (Å²) in [4.78, 5) is 0. The van der Waals surface area contributed by atoms with E-state index >= 15 is 0 Å². The molecule has 0 amide bonds. The van der Waals surface area contributed by atoms with Crippen molar-refractivity contribution >= 4 is 24.8 Å². The van der Waals surface area contributed by atoms with Crippen molar-refractivity contribution in [3.05, 3.63) is 77.1 Å². The van der Waals surface area contributed by atoms with Crippen LogP contribution in [0.15, 0.2) is 54.6 Å². The van der Waals surface area contributed by atoms with E-state index < -0.39 is 0 Å². The number of hydrogen-bond acceptors (Lipinski definition) is 4. The number of benzene rings is 2. The molecule has 4 N–H and O–H groups in total. The fourth-order valence-corrected chi connectivity index (χ4v) is 4.29. The zero-order chi connectivity index (χ0) is 20.2. The summed E-state index contributed by atoms with van der Waals surface area (Å²) in [7, 11) is 1.73. The first-order valence-electron chi connectivity index (χ1n) is 10.4. The number of nitrogens with one attached hydrogen (secondary N) is 2. The van der Waals surface area contributed by atoms with Crippen LogP contribution < -0.4 is 15.4 Å². The van der Waals surface area contributed by atoms with E-state index in [1.165, 1.54) is 12.0 Å². The number of methoxy groups -OCH3 is 1. The molecule has 6 nitrogen and oxygen atoms in total. The summed E-state index contributed by atoms with van der Waals surface area (Å²) in [6, 6.07) is 19.8. The minimum atomic E-state index is 0. The van der Waals surface area contributed by atoms with Gasteiger partial charge in [-0.1, -0.05) is 30.3 Å². The lowest BCUT2D eigenvalue weighted by atomic mass is 9.92. The van der Waals surface area contributed by atoms with Crippen molar-refractivity contribution in [3.8, 4) is 11.4 Å². The number of piperidine rings is 1. The van der Waals surface area contributed by atoms with E-state index in [9.17, 15) is 0 Å². The number of halogens is 2. The van der Waals surface area contributed by atoms with Crippen LogP contribution in [0.2, 0.25) is 0 Å². The Morgan fingerprint density at radius 3 is 2.50 bits per heavy atom. The molecule has 0 radical (unpaired) electrons. The van der Waals surface area contributed by atoms with Crippen LogP contribution in [0.4, 0.5) is 0 Å². The van der Waals surface area contributed by atoms with E-state index in [4.69, 9.17) is 4.74 Å². The zero-order valence-corrected chi connectivity index (χ0v) is 20.4. The molecule has 32 heavy (non-hydrogen) atoms. The van der Waals surface area contributed by atoms with Gasteiger partial charge in [0.15, 0.2) is 0 Å². The van der Waals surface area contributed by atoms with Crippen molar-refractivity contribution in [1.82, 2.24) is 20.4 Å². The van der Waals surface area contributed by atoms with Gasteiger partial charge in [-0.05, 0) is 63.1 Å². The lowest BCUT2D eigenvalue weighted by Crippen LogP contribution is -2.45. The molecule has 176 valence electrons. The second-order valence-electron chi connectivity index (χ2n) is 7.81. The van der Waals surface area contributed by atoms with Crippen LogP contribution in [0.1, 0.15) is 41.4 Å². The Morgan fingerprint density at radius 1 is 1.09 bits per heavy atom. The third-order valence-electron chi connectivity index (χ3n) is 5.69.